The van der Waals surface area contributed by atoms with Crippen molar-refractivity contribution in [3.8, 4) is 0 Å². The molecule has 0 aromatic heterocycles. The number of methoxy groups -OCH3 is 1. The Hall–Kier alpha value is -0.613. The van der Waals surface area contributed by atoms with Crippen molar-refractivity contribution in [3.63, 3.8) is 0 Å². The molecule has 0 aliphatic heterocycles. The van der Waals surface area contributed by atoms with Crippen LogP contribution in [0.1, 0.15) is 47.5 Å². The molecule has 0 fully saturated rings. The van der Waals surface area contributed by atoms with Gasteiger partial charge in [-0.2, -0.15) is 0 Å². The van der Waals surface area contributed by atoms with Crippen LogP contribution in [-0.4, -0.2) is 27.5 Å². The first-order valence-electron chi connectivity index (χ1n) is 7.49. The molecule has 0 saturated carbocycles. The molecular weight excluding hydrogens is 268 g/mol. The normalized spacial score (nSPS) is 16.2. The summed E-state index contributed by atoms with van der Waals surface area (Å²) in [7, 11) is -0.323. The maximum absolute atomic E-state index is 11.7. The first kappa shape index (κ1) is 19.4. The van der Waals surface area contributed by atoms with E-state index in [4.69, 9.17) is 9.16 Å². The average Bonchev–Trinajstić information content (AvgIpc) is 2.31. The maximum Gasteiger partial charge on any atom is 0.312 e. The molecule has 0 amide bonds. The first-order valence-corrected chi connectivity index (χ1v) is 10.4. The third-order valence-electron chi connectivity index (χ3n) is 4.00. The van der Waals surface area contributed by atoms with Crippen LogP contribution < -0.4 is 0 Å². The quantitative estimate of drug-likeness (QED) is 0.393. The van der Waals surface area contributed by atoms with Gasteiger partial charge in [0.05, 0.1) is 19.1 Å². The van der Waals surface area contributed by atoms with Crippen LogP contribution in [0.3, 0.4) is 0 Å². The standard InChI is InChI=1S/C16H32O3Si/c1-9-10-14(15(17)18-6)12-11-13(2)19-20(7,8)16(3,4)5/h11-14H,9-10H2,1-8H3/b12-11+. The second-order valence-electron chi connectivity index (χ2n) is 6.89. The summed E-state index contributed by atoms with van der Waals surface area (Å²) < 4.78 is 11.1. The highest BCUT2D eigenvalue weighted by Gasteiger charge is 2.38. The molecule has 0 radical (unpaired) electrons. The number of carbonyl (C=O) groups is 1. The predicted molar refractivity (Wildman–Crippen MR) is 87.3 cm³/mol. The Morgan fingerprint density at radius 2 is 1.80 bits per heavy atom. The summed E-state index contributed by atoms with van der Waals surface area (Å²) in [6.07, 6.45) is 5.74. The van der Waals surface area contributed by atoms with Gasteiger partial charge < -0.3 is 9.16 Å². The van der Waals surface area contributed by atoms with E-state index in [1.165, 1.54) is 7.11 Å². The van der Waals surface area contributed by atoms with E-state index < -0.39 is 8.32 Å². The van der Waals surface area contributed by atoms with Gasteiger partial charge in [-0.3, -0.25) is 4.79 Å². The Bertz CT molecular complexity index is 329. The summed E-state index contributed by atoms with van der Waals surface area (Å²) in [4.78, 5) is 11.7. The second kappa shape index (κ2) is 7.98. The Labute approximate surface area is 125 Å². The lowest BCUT2D eigenvalue weighted by Gasteiger charge is -2.37. The van der Waals surface area contributed by atoms with Gasteiger partial charge in [0.15, 0.2) is 8.32 Å². The van der Waals surface area contributed by atoms with E-state index in [9.17, 15) is 4.79 Å². The van der Waals surface area contributed by atoms with Gasteiger partial charge in [-0.1, -0.05) is 46.3 Å². The summed E-state index contributed by atoms with van der Waals surface area (Å²) in [6.45, 7) is 15.3. The van der Waals surface area contributed by atoms with Crippen LogP contribution >= 0.6 is 0 Å². The van der Waals surface area contributed by atoms with Crippen LogP contribution in [0, 0.1) is 5.92 Å². The Balaban J connectivity index is 4.68. The molecule has 2 atom stereocenters. The van der Waals surface area contributed by atoms with Gasteiger partial charge in [0.25, 0.3) is 0 Å². The van der Waals surface area contributed by atoms with Crippen LogP contribution in [0.15, 0.2) is 12.2 Å². The number of carbonyl (C=O) groups excluding carboxylic acids is 1. The summed E-state index contributed by atoms with van der Waals surface area (Å²) in [6, 6.07) is 0. The van der Waals surface area contributed by atoms with Crippen LogP contribution in [-0.2, 0) is 14.0 Å². The van der Waals surface area contributed by atoms with Crippen molar-refractivity contribution >= 4 is 14.3 Å². The fourth-order valence-corrected chi connectivity index (χ4v) is 3.09. The molecule has 4 heteroatoms. The largest absolute Gasteiger partial charge is 0.469 e. The fourth-order valence-electron chi connectivity index (χ4n) is 1.73. The lowest BCUT2D eigenvalue weighted by atomic mass is 10.0. The van der Waals surface area contributed by atoms with Crippen molar-refractivity contribution in [3.05, 3.63) is 12.2 Å². The Morgan fingerprint density at radius 1 is 1.25 bits per heavy atom. The molecule has 3 nitrogen and oxygen atoms in total. The highest BCUT2D eigenvalue weighted by Crippen LogP contribution is 2.37. The molecule has 0 aliphatic carbocycles. The van der Waals surface area contributed by atoms with Gasteiger partial charge in [0.2, 0.25) is 0 Å². The predicted octanol–water partition coefficient (Wildman–Crippen LogP) is 4.54. The van der Waals surface area contributed by atoms with E-state index in [0.717, 1.165) is 12.8 Å². The number of hydrogen-bond acceptors (Lipinski definition) is 3. The molecule has 0 bridgehead atoms. The topological polar surface area (TPSA) is 35.5 Å². The van der Waals surface area contributed by atoms with Gasteiger partial charge in [0.1, 0.15) is 0 Å². The lowest BCUT2D eigenvalue weighted by Crippen LogP contribution is -2.42. The molecule has 0 spiro atoms. The zero-order valence-corrected chi connectivity index (χ0v) is 15.4. The number of esters is 1. The van der Waals surface area contributed by atoms with E-state index in [1.54, 1.807) is 0 Å². The van der Waals surface area contributed by atoms with Gasteiger partial charge in [0, 0.05) is 0 Å². The van der Waals surface area contributed by atoms with E-state index in [-0.39, 0.29) is 23.0 Å². The van der Waals surface area contributed by atoms with E-state index in [0.29, 0.717) is 0 Å². The van der Waals surface area contributed by atoms with Gasteiger partial charge in [-0.25, -0.2) is 0 Å². The fraction of sp³-hybridized carbons (Fsp3) is 0.812. The highest BCUT2D eigenvalue weighted by atomic mass is 28.4. The third-order valence-corrected chi connectivity index (χ3v) is 8.58. The van der Waals surface area contributed by atoms with Crippen molar-refractivity contribution in [1.29, 1.82) is 0 Å². The Kier molecular flexibility index (Phi) is 7.74. The minimum Gasteiger partial charge on any atom is -0.469 e. The van der Waals surface area contributed by atoms with Crippen molar-refractivity contribution in [2.75, 3.05) is 7.11 Å². The lowest BCUT2D eigenvalue weighted by molar-refractivity contribution is -0.143. The van der Waals surface area contributed by atoms with Crippen LogP contribution in [0.25, 0.3) is 0 Å². The van der Waals surface area contributed by atoms with Crippen molar-refractivity contribution in [2.45, 2.75) is 71.7 Å². The molecule has 2 unspecified atom stereocenters. The van der Waals surface area contributed by atoms with E-state index in [1.807, 2.05) is 19.1 Å². The minimum atomic E-state index is -1.76. The third kappa shape index (κ3) is 6.22. The van der Waals surface area contributed by atoms with Crippen LogP contribution in [0.2, 0.25) is 18.1 Å². The van der Waals surface area contributed by atoms with Crippen LogP contribution in [0.4, 0.5) is 0 Å². The number of hydrogen-bond donors (Lipinski definition) is 0. The molecule has 0 rings (SSSR count). The van der Waals surface area contributed by atoms with Crippen molar-refractivity contribution < 1.29 is 14.0 Å². The molecule has 0 saturated heterocycles. The maximum atomic E-state index is 11.7. The molecule has 0 N–H and O–H groups in total. The first-order chi connectivity index (χ1) is 9.05. The molecule has 20 heavy (non-hydrogen) atoms. The summed E-state index contributed by atoms with van der Waals surface area (Å²) >= 11 is 0. The zero-order valence-electron chi connectivity index (χ0n) is 14.4. The SMILES string of the molecule is CCCC(/C=C/C(C)O[Si](C)(C)C(C)(C)C)C(=O)OC. The van der Waals surface area contributed by atoms with Crippen LogP contribution in [0.5, 0.6) is 0 Å². The van der Waals surface area contributed by atoms with E-state index >= 15 is 0 Å². The molecule has 0 aromatic carbocycles. The summed E-state index contributed by atoms with van der Waals surface area (Å²) in [5.41, 5.74) is 0. The number of ether oxygens (including phenoxy) is 1. The minimum absolute atomic E-state index is 0.0277. The van der Waals surface area contributed by atoms with Crippen molar-refractivity contribution in [1.82, 2.24) is 0 Å². The van der Waals surface area contributed by atoms with Crippen molar-refractivity contribution in [2.24, 2.45) is 5.92 Å². The molecule has 0 aliphatic rings. The zero-order chi connectivity index (χ0) is 16.0. The average molecular weight is 301 g/mol. The summed E-state index contributed by atoms with van der Waals surface area (Å²) in [5, 5.41) is 0.195. The Morgan fingerprint density at radius 3 is 2.20 bits per heavy atom. The molecule has 0 aromatic rings. The number of rotatable bonds is 7. The molecular formula is C16H32O3Si. The monoisotopic (exact) mass is 300 g/mol. The van der Waals surface area contributed by atoms with Gasteiger partial charge in [-0.05, 0) is 31.5 Å². The highest BCUT2D eigenvalue weighted by molar-refractivity contribution is 6.74. The second-order valence-corrected chi connectivity index (χ2v) is 11.6. The molecule has 0 heterocycles. The van der Waals surface area contributed by atoms with E-state index in [2.05, 4.69) is 40.8 Å². The molecule has 118 valence electrons. The van der Waals surface area contributed by atoms with Gasteiger partial charge >= 0.3 is 5.97 Å². The van der Waals surface area contributed by atoms with Gasteiger partial charge in [-0.15, -0.1) is 0 Å². The smallest absolute Gasteiger partial charge is 0.312 e. The summed E-state index contributed by atoms with van der Waals surface area (Å²) in [5.74, 6) is -0.321.